The van der Waals surface area contributed by atoms with Gasteiger partial charge in [0.25, 0.3) is 21.2 Å². The summed E-state index contributed by atoms with van der Waals surface area (Å²) in [5, 5.41) is 41.7. The van der Waals surface area contributed by atoms with Crippen molar-refractivity contribution < 1.29 is 85.4 Å². The van der Waals surface area contributed by atoms with Gasteiger partial charge in [-0.3, -0.25) is 36.7 Å². The Kier molecular flexibility index (Phi) is 11.1. The monoisotopic (exact) mass is 846 g/mol. The molecule has 9 N–H and O–H groups in total. The molecular formula is C21H26N10O19P4-4. The molecule has 298 valence electrons. The lowest BCUT2D eigenvalue weighted by molar-refractivity contribution is -0.235. The van der Waals surface area contributed by atoms with Crippen molar-refractivity contribution in [2.45, 2.75) is 49.1 Å². The van der Waals surface area contributed by atoms with Crippen LogP contribution in [0.25, 0.3) is 22.3 Å². The van der Waals surface area contributed by atoms with Crippen molar-refractivity contribution in [1.82, 2.24) is 39.0 Å². The van der Waals surface area contributed by atoms with Gasteiger partial charge in [0.2, 0.25) is 5.95 Å². The Morgan fingerprint density at radius 3 is 1.74 bits per heavy atom. The van der Waals surface area contributed by atoms with E-state index < -0.39 is 105 Å². The average molecular weight is 846 g/mol. The number of aliphatic hydroxyl groups excluding tert-OH is 4. The normalized spacial score (nSPS) is 30.6. The Bertz CT molecular complexity index is 2310. The highest BCUT2D eigenvalue weighted by atomic mass is 31.3. The molecular weight excluding hydrogens is 820 g/mol. The second-order valence-electron chi connectivity index (χ2n) is 11.5. The van der Waals surface area contributed by atoms with Gasteiger partial charge in [0.1, 0.15) is 48.5 Å². The molecule has 2 aliphatic rings. The molecule has 2 aliphatic heterocycles. The van der Waals surface area contributed by atoms with E-state index in [9.17, 15) is 63.1 Å². The summed E-state index contributed by atoms with van der Waals surface area (Å²) < 4.78 is 78.8. The number of rotatable bonds is 14. The Balaban J connectivity index is 1.02. The van der Waals surface area contributed by atoms with Gasteiger partial charge in [-0.15, -0.1) is 0 Å². The molecule has 0 aliphatic carbocycles. The fourth-order valence-electron chi connectivity index (χ4n) is 5.32. The molecule has 0 bridgehead atoms. The average Bonchev–Trinajstić information content (AvgIpc) is 3.79. The minimum atomic E-state index is -6.13. The number of nitrogens with zero attached hydrogens (tertiary/aromatic N) is 7. The predicted octanol–water partition coefficient (Wildman–Crippen LogP) is -5.57. The number of hydrogen-bond donors (Lipinski definition) is 7. The van der Waals surface area contributed by atoms with Crippen LogP contribution in [0.3, 0.4) is 0 Å². The molecule has 54 heavy (non-hydrogen) atoms. The van der Waals surface area contributed by atoms with E-state index in [0.717, 1.165) is 28.1 Å². The molecule has 7 unspecified atom stereocenters. The number of imidazole rings is 2. The minimum Gasteiger partial charge on any atom is -0.778 e. The van der Waals surface area contributed by atoms with E-state index in [1.54, 1.807) is 0 Å². The number of aromatic amines is 1. The first kappa shape index (κ1) is 40.5. The van der Waals surface area contributed by atoms with Crippen molar-refractivity contribution >= 4 is 64.9 Å². The van der Waals surface area contributed by atoms with Gasteiger partial charge in [0, 0.05) is 0 Å². The SMILES string of the molecule is Nc1nc2c(ncn2[C@@H]2O[C@H](COP(=O)([O-])OP(=O)([O-])CP(=O)([O-])OP(=O)([O-])OC[C@H]3O[C@@H](n4cnc5c(N)ncnc54)C(O)C3O)C(O)[C@@H]2O)c(=O)[nH]1. The lowest BCUT2D eigenvalue weighted by atomic mass is 10.1. The van der Waals surface area contributed by atoms with Crippen LogP contribution < -0.4 is 36.6 Å². The van der Waals surface area contributed by atoms with Gasteiger partial charge in [-0.2, -0.15) is 4.98 Å². The van der Waals surface area contributed by atoms with Crippen molar-refractivity contribution in [2.24, 2.45) is 0 Å². The van der Waals surface area contributed by atoms with Crippen LogP contribution in [0.5, 0.6) is 0 Å². The molecule has 0 spiro atoms. The van der Waals surface area contributed by atoms with Crippen molar-refractivity contribution in [1.29, 1.82) is 0 Å². The molecule has 6 rings (SSSR count). The van der Waals surface area contributed by atoms with Crippen molar-refractivity contribution in [3.8, 4) is 0 Å². The number of aliphatic hydroxyl groups is 4. The van der Waals surface area contributed by atoms with Gasteiger partial charge in [-0.05, 0) is 0 Å². The summed E-state index contributed by atoms with van der Waals surface area (Å²) in [7, 11) is -24.3. The van der Waals surface area contributed by atoms with E-state index >= 15 is 0 Å². The number of anilines is 2. The first-order chi connectivity index (χ1) is 25.1. The van der Waals surface area contributed by atoms with E-state index in [-0.39, 0.29) is 34.1 Å². The number of nitrogen functional groups attached to an aromatic ring is 2. The fourth-order valence-corrected chi connectivity index (χ4v) is 11.8. The van der Waals surface area contributed by atoms with Crippen LogP contribution in [-0.4, -0.2) is 115 Å². The third-order valence-electron chi connectivity index (χ3n) is 7.65. The summed E-state index contributed by atoms with van der Waals surface area (Å²) in [6.45, 7) is -2.41. The molecule has 0 amide bonds. The summed E-state index contributed by atoms with van der Waals surface area (Å²) >= 11 is 0. The van der Waals surface area contributed by atoms with E-state index in [1.807, 2.05) is 0 Å². The van der Waals surface area contributed by atoms with E-state index in [2.05, 4.69) is 47.6 Å². The van der Waals surface area contributed by atoms with E-state index in [0.29, 0.717) is 0 Å². The Morgan fingerprint density at radius 1 is 0.741 bits per heavy atom. The number of fused-ring (bicyclic) bond motifs is 2. The molecule has 6 heterocycles. The van der Waals surface area contributed by atoms with Crippen LogP contribution in [0.1, 0.15) is 12.5 Å². The van der Waals surface area contributed by atoms with Gasteiger partial charge in [0.15, 0.2) is 50.3 Å². The van der Waals surface area contributed by atoms with Crippen molar-refractivity contribution in [3.05, 3.63) is 29.3 Å². The number of nitrogens with one attached hydrogen (secondary N) is 1. The predicted molar refractivity (Wildman–Crippen MR) is 164 cm³/mol. The second-order valence-corrected chi connectivity index (χ2v) is 18.6. The fraction of sp³-hybridized carbons (Fsp3) is 0.524. The molecule has 33 heteroatoms. The quantitative estimate of drug-likeness (QED) is 0.0582. The summed E-state index contributed by atoms with van der Waals surface area (Å²) in [6, 6.07) is 0. The molecule has 29 nitrogen and oxygen atoms in total. The molecule has 4 aromatic rings. The van der Waals surface area contributed by atoms with Crippen LogP contribution in [0.4, 0.5) is 11.8 Å². The summed E-state index contributed by atoms with van der Waals surface area (Å²) in [5.74, 6) is -2.75. The number of phosphoric acid groups is 2. The lowest BCUT2D eigenvalue weighted by Gasteiger charge is -2.37. The second kappa shape index (κ2) is 14.7. The van der Waals surface area contributed by atoms with Crippen molar-refractivity contribution in [2.75, 3.05) is 30.6 Å². The number of aromatic nitrogens is 8. The largest absolute Gasteiger partial charge is 0.778 e. The first-order valence-corrected chi connectivity index (χ1v) is 21.1. The molecule has 0 aromatic carbocycles. The molecule has 2 fully saturated rings. The maximum absolute atomic E-state index is 12.3. The smallest absolute Gasteiger partial charge is 0.280 e. The Labute approximate surface area is 298 Å². The number of hydrogen-bond acceptors (Lipinski definition) is 26. The molecule has 4 aromatic heterocycles. The number of phosphoric ester groups is 2. The van der Waals surface area contributed by atoms with E-state index in [4.69, 9.17) is 20.9 Å². The van der Waals surface area contributed by atoms with Crippen LogP contribution in [-0.2, 0) is 45.4 Å². The summed E-state index contributed by atoms with van der Waals surface area (Å²) in [5.41, 5.74) is 10.2. The highest BCUT2D eigenvalue weighted by Gasteiger charge is 2.46. The number of nitrogens with two attached hydrogens (primary N) is 2. The lowest BCUT2D eigenvalue weighted by Crippen LogP contribution is -2.34. The highest BCUT2D eigenvalue weighted by Crippen LogP contribution is 2.65. The van der Waals surface area contributed by atoms with Crippen LogP contribution in [0, 0.1) is 0 Å². The maximum Gasteiger partial charge on any atom is 0.280 e. The van der Waals surface area contributed by atoms with Crippen LogP contribution >= 0.6 is 30.8 Å². The molecule has 12 atom stereocenters. The molecule has 0 saturated carbocycles. The summed E-state index contributed by atoms with van der Waals surface area (Å²) in [6.07, 6.45) is -10.5. The van der Waals surface area contributed by atoms with Crippen LogP contribution in [0.15, 0.2) is 23.8 Å². The Hall–Kier alpha value is -3.14. The zero-order valence-electron chi connectivity index (χ0n) is 26.5. The molecule has 0 radical (unpaired) electrons. The third-order valence-corrected chi connectivity index (χ3v) is 14.9. The molecule has 2 saturated heterocycles. The number of ether oxygens (including phenoxy) is 2. The zero-order chi connectivity index (χ0) is 39.5. The van der Waals surface area contributed by atoms with Gasteiger partial charge in [-0.1, -0.05) is 0 Å². The highest BCUT2D eigenvalue weighted by molar-refractivity contribution is 7.75. The standard InChI is InChI=1S/C21H30N10O19P4/c22-15-9-16(25-3-24-15)30(4-26-9)19-13(34)11(32)7(47-19)1-45-53(41,42)49-51(37,38)6-52(39,40)50-54(43,44)46-2-8-12(33)14(35)20(48-8)31-5-27-10-17(31)28-21(23)29-18(10)36/h3-5,7-8,11-14,19-20,32-35H,1-2,6H2,(H,37,38)(H,39,40)(H,41,42)(H,43,44)(H2,22,24,25)(H3,23,28,29,36)/p-4/t7-,8-,11?,12?,13?,14+,19-,20-/m1/s1. The Morgan fingerprint density at radius 2 is 1.22 bits per heavy atom. The van der Waals surface area contributed by atoms with Crippen LogP contribution in [0.2, 0.25) is 0 Å². The topological polar surface area (TPSA) is 456 Å². The van der Waals surface area contributed by atoms with Gasteiger partial charge < -0.3 is 79.1 Å². The maximum atomic E-state index is 12.3. The minimum absolute atomic E-state index is 0.0311. The first-order valence-electron chi connectivity index (χ1n) is 14.7. The van der Waals surface area contributed by atoms with Gasteiger partial charge in [0.05, 0.1) is 31.8 Å². The van der Waals surface area contributed by atoms with Gasteiger partial charge >= 0.3 is 0 Å². The van der Waals surface area contributed by atoms with E-state index in [1.165, 1.54) is 0 Å². The van der Waals surface area contributed by atoms with Gasteiger partial charge in [-0.25, -0.2) is 19.9 Å². The third kappa shape index (κ3) is 8.48. The number of H-pyrrole nitrogens is 1. The van der Waals surface area contributed by atoms with Crippen molar-refractivity contribution in [3.63, 3.8) is 0 Å². The summed E-state index contributed by atoms with van der Waals surface area (Å²) in [4.78, 5) is 82.8. The zero-order valence-corrected chi connectivity index (χ0v) is 30.0.